The number of likely N-dealkylation sites (tertiary alicyclic amines) is 1. The molecule has 0 unspecified atom stereocenters. The third-order valence-electron chi connectivity index (χ3n) is 7.57. The third kappa shape index (κ3) is 2.54. The zero-order valence-electron chi connectivity index (χ0n) is 16.5. The monoisotopic (exact) mass is 388 g/mol. The first-order valence-corrected chi connectivity index (χ1v) is 10.4. The molecule has 1 aromatic heterocycles. The van der Waals surface area contributed by atoms with Crippen LogP contribution in [0.15, 0.2) is 15.7 Å². The van der Waals surface area contributed by atoms with Crippen molar-refractivity contribution in [2.24, 2.45) is 25.9 Å². The van der Waals surface area contributed by atoms with Crippen LogP contribution in [0.1, 0.15) is 36.2 Å². The van der Waals surface area contributed by atoms with Gasteiger partial charge < -0.3 is 9.64 Å². The van der Waals surface area contributed by atoms with E-state index in [1.54, 1.807) is 7.05 Å². The summed E-state index contributed by atoms with van der Waals surface area (Å²) in [7, 11) is 2.99. The van der Waals surface area contributed by atoms with Crippen molar-refractivity contribution in [3.63, 3.8) is 0 Å². The van der Waals surface area contributed by atoms with E-state index in [1.807, 2.05) is 4.90 Å². The molecule has 8 nitrogen and oxygen atoms in total. The minimum Gasteiger partial charge on any atom is -0.381 e. The number of fused-ring (bicyclic) bond motifs is 5. The van der Waals surface area contributed by atoms with Gasteiger partial charge in [-0.1, -0.05) is 0 Å². The fraction of sp³-hybridized carbons (Fsp3) is 0.750. The number of hydrogen-bond donors (Lipinski definition) is 0. The van der Waals surface area contributed by atoms with E-state index in [0.717, 1.165) is 43.7 Å². The average molecular weight is 388 g/mol. The minimum atomic E-state index is -0.457. The van der Waals surface area contributed by atoms with Gasteiger partial charge in [-0.2, -0.15) is 0 Å². The van der Waals surface area contributed by atoms with Gasteiger partial charge in [0.25, 0.3) is 11.5 Å². The van der Waals surface area contributed by atoms with Crippen molar-refractivity contribution < 1.29 is 9.53 Å². The Morgan fingerprint density at radius 2 is 1.57 bits per heavy atom. The zero-order chi connectivity index (χ0) is 19.6. The molecule has 4 atom stereocenters. The van der Waals surface area contributed by atoms with Crippen molar-refractivity contribution in [3.8, 4) is 0 Å². The maximum atomic E-state index is 13.1. The highest BCUT2D eigenvalue weighted by Crippen LogP contribution is 2.51. The maximum Gasteiger partial charge on any atom is 0.331 e. The lowest BCUT2D eigenvalue weighted by atomic mass is 9.82. The molecule has 4 fully saturated rings. The van der Waals surface area contributed by atoms with Gasteiger partial charge in [0.15, 0.2) is 0 Å². The molecule has 1 amide bonds. The van der Waals surface area contributed by atoms with Crippen molar-refractivity contribution in [3.05, 3.63) is 32.6 Å². The highest BCUT2D eigenvalue weighted by molar-refractivity contribution is 5.92. The number of ether oxygens (including phenoxy) is 1. The summed E-state index contributed by atoms with van der Waals surface area (Å²) in [4.78, 5) is 42.0. The van der Waals surface area contributed by atoms with Crippen LogP contribution in [0.25, 0.3) is 0 Å². The fourth-order valence-electron chi connectivity index (χ4n) is 6.22. The lowest BCUT2D eigenvalue weighted by Crippen LogP contribution is -2.46. The first-order chi connectivity index (χ1) is 13.5. The number of amides is 1. The molecule has 8 heteroatoms. The molecule has 0 radical (unpaired) electrons. The first kappa shape index (κ1) is 18.1. The van der Waals surface area contributed by atoms with E-state index in [2.05, 4.69) is 4.90 Å². The van der Waals surface area contributed by atoms with Crippen molar-refractivity contribution in [1.82, 2.24) is 18.9 Å². The first-order valence-electron chi connectivity index (χ1n) is 10.4. The van der Waals surface area contributed by atoms with Gasteiger partial charge >= 0.3 is 5.69 Å². The van der Waals surface area contributed by atoms with Crippen LogP contribution in [-0.2, 0) is 18.8 Å². The van der Waals surface area contributed by atoms with E-state index in [9.17, 15) is 14.4 Å². The Balaban J connectivity index is 1.36. The Morgan fingerprint density at radius 1 is 0.964 bits per heavy atom. The molecule has 0 aliphatic carbocycles. The topological polar surface area (TPSA) is 76.8 Å². The van der Waals surface area contributed by atoms with Crippen LogP contribution in [0.5, 0.6) is 0 Å². The van der Waals surface area contributed by atoms with Crippen molar-refractivity contribution >= 4 is 5.91 Å². The van der Waals surface area contributed by atoms with Gasteiger partial charge in [-0.25, -0.2) is 4.79 Å². The van der Waals surface area contributed by atoms with Crippen LogP contribution in [0.2, 0.25) is 0 Å². The molecule has 2 bridgehead atoms. The van der Waals surface area contributed by atoms with E-state index < -0.39 is 11.2 Å². The number of hydrogen-bond acceptors (Lipinski definition) is 5. The smallest absolute Gasteiger partial charge is 0.331 e. The second-order valence-corrected chi connectivity index (χ2v) is 8.81. The Hall–Kier alpha value is -1.93. The molecule has 152 valence electrons. The van der Waals surface area contributed by atoms with Crippen LogP contribution in [0.3, 0.4) is 0 Å². The van der Waals surface area contributed by atoms with Gasteiger partial charge in [0, 0.05) is 64.6 Å². The molecule has 0 aromatic carbocycles. The quantitative estimate of drug-likeness (QED) is 0.701. The third-order valence-corrected chi connectivity index (χ3v) is 7.57. The molecule has 0 saturated carbocycles. The van der Waals surface area contributed by atoms with E-state index >= 15 is 0 Å². The summed E-state index contributed by atoms with van der Waals surface area (Å²) in [6.07, 6.45) is 4.67. The van der Waals surface area contributed by atoms with Gasteiger partial charge in [0.05, 0.1) is 0 Å². The molecule has 5 rings (SSSR count). The summed E-state index contributed by atoms with van der Waals surface area (Å²) in [5.41, 5.74) is -0.695. The van der Waals surface area contributed by atoms with Gasteiger partial charge in [-0.05, 0) is 37.5 Å². The lowest BCUT2D eigenvalue weighted by molar-refractivity contribution is 0.0209. The van der Waals surface area contributed by atoms with Crippen LogP contribution in [0, 0.1) is 11.8 Å². The van der Waals surface area contributed by atoms with Crippen molar-refractivity contribution in [2.45, 2.75) is 43.8 Å². The number of carbonyl (C=O) groups excluding carboxylic acids is 1. The molecular weight excluding hydrogens is 360 g/mol. The number of nitrogens with zero attached hydrogens (tertiary/aromatic N) is 4. The van der Waals surface area contributed by atoms with Gasteiger partial charge in [0.1, 0.15) is 5.69 Å². The molecule has 4 saturated heterocycles. The molecule has 0 spiro atoms. The molecule has 4 aliphatic heterocycles. The van der Waals surface area contributed by atoms with E-state index in [0.29, 0.717) is 30.0 Å². The summed E-state index contributed by atoms with van der Waals surface area (Å²) >= 11 is 0. The Labute approximate surface area is 163 Å². The highest BCUT2D eigenvalue weighted by atomic mass is 16.5. The SMILES string of the molecule is Cn1c(C(=O)N2C[C@@H]3[C@H](C2)[C@@H]2CC[C@H]3N2C2CCOCC2)cc(=O)n(C)c1=O. The van der Waals surface area contributed by atoms with Crippen molar-refractivity contribution in [2.75, 3.05) is 26.3 Å². The molecule has 0 N–H and O–H groups in total. The second-order valence-electron chi connectivity index (χ2n) is 8.81. The molecule has 1 aromatic rings. The summed E-state index contributed by atoms with van der Waals surface area (Å²) in [6, 6.07) is 3.03. The molecule has 4 aliphatic rings. The summed E-state index contributed by atoms with van der Waals surface area (Å²) in [5, 5.41) is 0. The number of rotatable bonds is 2. The van der Waals surface area contributed by atoms with E-state index in [-0.39, 0.29) is 11.6 Å². The predicted octanol–water partition coefficient (Wildman–Crippen LogP) is -0.202. The van der Waals surface area contributed by atoms with Crippen molar-refractivity contribution in [1.29, 1.82) is 0 Å². The van der Waals surface area contributed by atoms with Crippen LogP contribution < -0.4 is 11.2 Å². The molecule has 5 heterocycles. The normalized spacial score (nSPS) is 32.9. The van der Waals surface area contributed by atoms with Gasteiger partial charge in [0.2, 0.25) is 0 Å². The Kier molecular flexibility index (Phi) is 4.24. The minimum absolute atomic E-state index is 0.191. The molecular formula is C20H28N4O4. The predicted molar refractivity (Wildman–Crippen MR) is 102 cm³/mol. The maximum absolute atomic E-state index is 13.1. The Morgan fingerprint density at radius 3 is 2.18 bits per heavy atom. The van der Waals surface area contributed by atoms with Crippen LogP contribution in [0.4, 0.5) is 0 Å². The highest BCUT2D eigenvalue weighted by Gasteiger charge is 2.58. The largest absolute Gasteiger partial charge is 0.381 e. The zero-order valence-corrected chi connectivity index (χ0v) is 16.5. The van der Waals surface area contributed by atoms with E-state index in [4.69, 9.17) is 4.74 Å². The lowest BCUT2D eigenvalue weighted by Gasteiger charge is -2.36. The summed E-state index contributed by atoms with van der Waals surface area (Å²) in [6.45, 7) is 3.18. The van der Waals surface area contributed by atoms with Crippen LogP contribution in [-0.4, -0.2) is 69.3 Å². The van der Waals surface area contributed by atoms with E-state index in [1.165, 1.54) is 30.5 Å². The second kappa shape index (κ2) is 6.56. The van der Waals surface area contributed by atoms with Gasteiger partial charge in [-0.3, -0.25) is 23.6 Å². The average Bonchev–Trinajstić information content (AvgIpc) is 3.39. The number of carbonyl (C=O) groups is 1. The Bertz CT molecular complexity index is 896. The number of aromatic nitrogens is 2. The van der Waals surface area contributed by atoms with Gasteiger partial charge in [-0.15, -0.1) is 0 Å². The summed E-state index contributed by atoms with van der Waals surface area (Å²) < 4.78 is 7.87. The van der Waals surface area contributed by atoms with Crippen LogP contribution >= 0.6 is 0 Å². The standard InChI is InChI=1S/C20H28N4O4/c1-21-17(9-18(25)22(2)20(21)27)19(26)23-10-13-14(11-23)16-4-3-15(13)24(16)12-5-7-28-8-6-12/h9,12-16H,3-8,10-11H2,1-2H3/t13-,14+,15-,16+. The summed E-state index contributed by atoms with van der Waals surface area (Å²) in [5.74, 6) is 0.826. The molecule has 28 heavy (non-hydrogen) atoms. The fourth-order valence-corrected chi connectivity index (χ4v) is 6.22.